The number of phenols is 1. The van der Waals surface area contributed by atoms with Crippen LogP contribution in [0.1, 0.15) is 56.7 Å². The van der Waals surface area contributed by atoms with Crippen LogP contribution in [0, 0.1) is 11.8 Å². The van der Waals surface area contributed by atoms with Gasteiger partial charge in [-0.05, 0) is 67.6 Å². The summed E-state index contributed by atoms with van der Waals surface area (Å²) in [5.74, 6) is -5.00. The second-order valence-electron chi connectivity index (χ2n) is 10.6. The van der Waals surface area contributed by atoms with Gasteiger partial charge in [-0.2, -0.15) is 0 Å². The Morgan fingerprint density at radius 1 is 0.902 bits per heavy atom. The highest BCUT2D eigenvalue weighted by Crippen LogP contribution is 2.48. The molecule has 41 heavy (non-hydrogen) atoms. The second-order valence-corrected chi connectivity index (χ2v) is 10.6. The number of nitrogens with one attached hydrogen (secondary N) is 2. The lowest BCUT2D eigenvalue weighted by molar-refractivity contribution is -0.150. The standard InChI is InChI=1S/C33H38N2O6/c1-5-20-12-8-10-14-23(20)34-31(38)29-26(37)19-33(4,40)30(32(39)35-24-15-11-9-13-21(24)6-2)28(29)22-16-17-25(36)27(18-22)41-7-3/h8-18,28-30,36,40H,5-7,19H2,1-4H3,(H,34,38)(H,35,39). The summed E-state index contributed by atoms with van der Waals surface area (Å²) >= 11 is 0. The molecule has 0 heterocycles. The van der Waals surface area contributed by atoms with E-state index in [1.54, 1.807) is 37.3 Å². The minimum Gasteiger partial charge on any atom is -0.504 e. The number of aromatic hydroxyl groups is 1. The van der Waals surface area contributed by atoms with Crippen molar-refractivity contribution < 1.29 is 29.3 Å². The van der Waals surface area contributed by atoms with Gasteiger partial charge in [0.15, 0.2) is 11.5 Å². The molecular formula is C33H38N2O6. The first kappa shape index (κ1) is 29.8. The maximum atomic E-state index is 14.1. The number of carbonyl (C=O) groups is 3. The first-order chi connectivity index (χ1) is 19.6. The van der Waals surface area contributed by atoms with E-state index >= 15 is 0 Å². The molecule has 0 radical (unpaired) electrons. The van der Waals surface area contributed by atoms with E-state index in [2.05, 4.69) is 10.6 Å². The Kier molecular flexibility index (Phi) is 9.13. The van der Waals surface area contributed by atoms with Gasteiger partial charge in [0.1, 0.15) is 11.7 Å². The molecule has 8 heteroatoms. The molecule has 4 unspecified atom stereocenters. The number of para-hydroxylation sites is 2. The molecule has 8 nitrogen and oxygen atoms in total. The number of hydrogen-bond donors (Lipinski definition) is 4. The first-order valence-electron chi connectivity index (χ1n) is 14.1. The highest BCUT2D eigenvalue weighted by atomic mass is 16.5. The molecule has 2 amide bonds. The number of rotatable bonds is 9. The number of aliphatic hydroxyl groups is 1. The second kappa shape index (κ2) is 12.6. The van der Waals surface area contributed by atoms with Crippen molar-refractivity contribution >= 4 is 29.0 Å². The molecule has 0 aromatic heterocycles. The maximum Gasteiger partial charge on any atom is 0.235 e. The lowest BCUT2D eigenvalue weighted by atomic mass is 9.61. The van der Waals surface area contributed by atoms with Crippen molar-refractivity contribution in [2.24, 2.45) is 11.8 Å². The Balaban J connectivity index is 1.83. The fourth-order valence-corrected chi connectivity index (χ4v) is 5.82. The summed E-state index contributed by atoms with van der Waals surface area (Å²) in [5.41, 5.74) is 1.67. The van der Waals surface area contributed by atoms with Crippen molar-refractivity contribution in [3.8, 4) is 11.5 Å². The molecule has 1 fully saturated rings. The van der Waals surface area contributed by atoms with E-state index in [1.165, 1.54) is 13.0 Å². The van der Waals surface area contributed by atoms with Crippen molar-refractivity contribution in [1.82, 2.24) is 0 Å². The predicted molar refractivity (Wildman–Crippen MR) is 158 cm³/mol. The van der Waals surface area contributed by atoms with Crippen LogP contribution in [0.4, 0.5) is 11.4 Å². The van der Waals surface area contributed by atoms with Gasteiger partial charge in [0.05, 0.1) is 18.1 Å². The maximum absolute atomic E-state index is 14.1. The number of hydrogen-bond acceptors (Lipinski definition) is 6. The summed E-state index contributed by atoms with van der Waals surface area (Å²) in [5, 5.41) is 27.9. The third kappa shape index (κ3) is 6.28. The Morgan fingerprint density at radius 3 is 2.02 bits per heavy atom. The summed E-state index contributed by atoms with van der Waals surface area (Å²) in [6.07, 6.45) is 0.975. The van der Waals surface area contributed by atoms with Gasteiger partial charge in [-0.1, -0.05) is 56.3 Å². The number of benzene rings is 3. The van der Waals surface area contributed by atoms with Gasteiger partial charge >= 0.3 is 0 Å². The van der Waals surface area contributed by atoms with Crippen LogP contribution in [0.2, 0.25) is 0 Å². The number of Topliss-reactive ketones (excluding diaryl/α,β-unsaturated/α-hetero) is 1. The van der Waals surface area contributed by atoms with Crippen LogP contribution >= 0.6 is 0 Å². The summed E-state index contributed by atoms with van der Waals surface area (Å²) < 4.78 is 5.59. The molecule has 1 saturated carbocycles. The van der Waals surface area contributed by atoms with E-state index < -0.39 is 41.0 Å². The largest absolute Gasteiger partial charge is 0.504 e. The zero-order chi connectivity index (χ0) is 29.7. The molecule has 4 atom stereocenters. The van der Waals surface area contributed by atoms with E-state index in [9.17, 15) is 24.6 Å². The van der Waals surface area contributed by atoms with E-state index in [-0.39, 0.29) is 24.5 Å². The van der Waals surface area contributed by atoms with Gasteiger partial charge in [-0.25, -0.2) is 0 Å². The van der Waals surface area contributed by atoms with Crippen LogP contribution in [0.25, 0.3) is 0 Å². The van der Waals surface area contributed by atoms with Gasteiger partial charge < -0.3 is 25.6 Å². The van der Waals surface area contributed by atoms with Crippen LogP contribution in [0.3, 0.4) is 0 Å². The summed E-state index contributed by atoms with van der Waals surface area (Å²) in [4.78, 5) is 41.6. The van der Waals surface area contributed by atoms with Gasteiger partial charge in [0, 0.05) is 23.7 Å². The Bertz CT molecular complexity index is 1430. The average molecular weight is 559 g/mol. The molecule has 1 aliphatic carbocycles. The van der Waals surface area contributed by atoms with Crippen molar-refractivity contribution in [3.05, 3.63) is 83.4 Å². The molecule has 1 aliphatic rings. The normalized spacial score (nSPS) is 22.2. The van der Waals surface area contributed by atoms with E-state index in [4.69, 9.17) is 4.74 Å². The lowest BCUT2D eigenvalue weighted by Gasteiger charge is -2.44. The molecular weight excluding hydrogens is 520 g/mol. The van der Waals surface area contributed by atoms with Crippen LogP contribution in [0.15, 0.2) is 66.7 Å². The van der Waals surface area contributed by atoms with E-state index in [1.807, 2.05) is 44.2 Å². The molecule has 0 saturated heterocycles. The Hall–Kier alpha value is -4.17. The van der Waals surface area contributed by atoms with Crippen molar-refractivity contribution in [3.63, 3.8) is 0 Å². The first-order valence-corrected chi connectivity index (χ1v) is 14.1. The fourth-order valence-electron chi connectivity index (χ4n) is 5.82. The predicted octanol–water partition coefficient (Wildman–Crippen LogP) is 5.23. The summed E-state index contributed by atoms with van der Waals surface area (Å²) in [6, 6.07) is 19.3. The topological polar surface area (TPSA) is 125 Å². The highest BCUT2D eigenvalue weighted by molar-refractivity contribution is 6.10. The number of ether oxygens (including phenoxy) is 1. The minimum atomic E-state index is -1.76. The van der Waals surface area contributed by atoms with Crippen LogP contribution < -0.4 is 15.4 Å². The summed E-state index contributed by atoms with van der Waals surface area (Å²) in [7, 11) is 0. The third-order valence-electron chi connectivity index (χ3n) is 7.81. The highest BCUT2D eigenvalue weighted by Gasteiger charge is 2.56. The molecule has 4 N–H and O–H groups in total. The number of carbonyl (C=O) groups excluding carboxylic acids is 3. The van der Waals surface area contributed by atoms with Crippen molar-refractivity contribution in [2.45, 2.75) is 58.5 Å². The van der Waals surface area contributed by atoms with Crippen LogP contribution in [0.5, 0.6) is 11.5 Å². The van der Waals surface area contributed by atoms with E-state index in [0.717, 1.165) is 11.1 Å². The van der Waals surface area contributed by atoms with Gasteiger partial charge in [-0.3, -0.25) is 14.4 Å². The number of anilines is 2. The van der Waals surface area contributed by atoms with Gasteiger partial charge in [0.25, 0.3) is 0 Å². The zero-order valence-corrected chi connectivity index (χ0v) is 23.9. The fraction of sp³-hybridized carbons (Fsp3) is 0.364. The average Bonchev–Trinajstić information content (AvgIpc) is 2.93. The Morgan fingerprint density at radius 2 is 1.46 bits per heavy atom. The SMILES string of the molecule is CCOc1cc(C2C(C(=O)Nc3ccccc3CC)C(=O)CC(C)(O)C2C(=O)Nc2ccccc2CC)ccc1O. The van der Waals surface area contributed by atoms with Crippen molar-refractivity contribution in [1.29, 1.82) is 0 Å². The van der Waals surface area contributed by atoms with Gasteiger partial charge in [-0.15, -0.1) is 0 Å². The van der Waals surface area contributed by atoms with E-state index in [0.29, 0.717) is 29.8 Å². The van der Waals surface area contributed by atoms with Crippen LogP contribution in [-0.2, 0) is 27.2 Å². The van der Waals surface area contributed by atoms with Crippen LogP contribution in [-0.4, -0.2) is 40.0 Å². The quantitative estimate of drug-likeness (QED) is 0.267. The molecule has 3 aromatic rings. The molecule has 3 aromatic carbocycles. The number of amides is 2. The molecule has 216 valence electrons. The number of phenolic OH excluding ortho intramolecular Hbond substituents is 1. The molecule has 0 bridgehead atoms. The van der Waals surface area contributed by atoms with Crippen molar-refractivity contribution in [2.75, 3.05) is 17.2 Å². The molecule has 4 rings (SSSR count). The molecule has 0 aliphatic heterocycles. The zero-order valence-electron chi connectivity index (χ0n) is 23.9. The Labute approximate surface area is 240 Å². The minimum absolute atomic E-state index is 0.111. The summed E-state index contributed by atoms with van der Waals surface area (Å²) in [6.45, 7) is 7.44. The van der Waals surface area contributed by atoms with Gasteiger partial charge in [0.2, 0.25) is 11.8 Å². The third-order valence-corrected chi connectivity index (χ3v) is 7.81. The number of ketones is 1. The molecule has 0 spiro atoms. The number of aryl methyl sites for hydroxylation is 2. The lowest BCUT2D eigenvalue weighted by Crippen LogP contribution is -2.56. The smallest absolute Gasteiger partial charge is 0.235 e. The monoisotopic (exact) mass is 558 g/mol.